The summed E-state index contributed by atoms with van der Waals surface area (Å²) in [5.41, 5.74) is 7.02. The van der Waals surface area contributed by atoms with Crippen LogP contribution in [0.2, 0.25) is 0 Å². The molecule has 0 aromatic carbocycles. The lowest BCUT2D eigenvalue weighted by Gasteiger charge is -2.36. The third-order valence-electron chi connectivity index (χ3n) is 3.40. The summed E-state index contributed by atoms with van der Waals surface area (Å²) in [6.45, 7) is 2.99. The number of carbonyl (C=O) groups is 2. The van der Waals surface area contributed by atoms with Crippen LogP contribution in [0.25, 0.3) is 0 Å². The molecule has 92 valence electrons. The van der Waals surface area contributed by atoms with E-state index in [0.717, 1.165) is 0 Å². The molecule has 6 heteroatoms. The van der Waals surface area contributed by atoms with Gasteiger partial charge in [0.2, 0.25) is 5.91 Å². The van der Waals surface area contributed by atoms with Gasteiger partial charge in [-0.2, -0.15) is 0 Å². The molecule has 2 heterocycles. The average Bonchev–Trinajstić information content (AvgIpc) is 2.82. The highest BCUT2D eigenvalue weighted by atomic mass is 32.1. The zero-order valence-electron chi connectivity index (χ0n) is 9.68. The molecule has 0 radical (unpaired) electrons. The molecule has 1 aliphatic heterocycles. The predicted octanol–water partition coefficient (Wildman–Crippen LogP) is 0.871. The molecule has 1 aliphatic rings. The number of nitrogens with zero attached hydrogens (tertiary/aromatic N) is 2. The highest BCUT2D eigenvalue weighted by Crippen LogP contribution is 2.30. The fraction of sp³-hybridized carbons (Fsp3) is 0.545. The van der Waals surface area contributed by atoms with Gasteiger partial charge in [0.15, 0.2) is 0 Å². The van der Waals surface area contributed by atoms with E-state index in [1.807, 2.05) is 6.92 Å². The largest absolute Gasteiger partial charge is 0.369 e. The number of piperidine rings is 1. The molecule has 2 amide bonds. The first-order valence-electron chi connectivity index (χ1n) is 5.50. The van der Waals surface area contributed by atoms with Gasteiger partial charge in [-0.25, -0.2) is 4.98 Å². The van der Waals surface area contributed by atoms with E-state index in [2.05, 4.69) is 4.98 Å². The molecule has 2 N–H and O–H groups in total. The van der Waals surface area contributed by atoms with Gasteiger partial charge >= 0.3 is 0 Å². The van der Waals surface area contributed by atoms with Crippen LogP contribution in [0.5, 0.6) is 0 Å². The minimum Gasteiger partial charge on any atom is -0.369 e. The van der Waals surface area contributed by atoms with Crippen LogP contribution in [0.15, 0.2) is 10.9 Å². The molecule has 0 spiro atoms. The van der Waals surface area contributed by atoms with Gasteiger partial charge in [0.05, 0.1) is 5.51 Å². The summed E-state index contributed by atoms with van der Waals surface area (Å²) in [5, 5.41) is 1.74. The number of primary amides is 1. The van der Waals surface area contributed by atoms with Crippen molar-refractivity contribution in [3.63, 3.8) is 0 Å². The fourth-order valence-corrected chi connectivity index (χ4v) is 2.46. The monoisotopic (exact) mass is 253 g/mol. The zero-order valence-corrected chi connectivity index (χ0v) is 10.5. The standard InChI is InChI=1S/C11H15N3O2S/c1-11(10(12)16)2-4-14(5-3-11)9(15)8-6-17-7-13-8/h6-7H,2-5H2,1H3,(H2,12,16). The molecule has 0 atom stereocenters. The molecule has 1 aromatic rings. The molecule has 0 bridgehead atoms. The van der Waals surface area contributed by atoms with Crippen molar-refractivity contribution >= 4 is 23.2 Å². The molecule has 1 aromatic heterocycles. The summed E-state index contributed by atoms with van der Waals surface area (Å²) in [6, 6.07) is 0. The molecule has 2 rings (SSSR count). The summed E-state index contributed by atoms with van der Waals surface area (Å²) in [7, 11) is 0. The van der Waals surface area contributed by atoms with Crippen molar-refractivity contribution in [3.05, 3.63) is 16.6 Å². The van der Waals surface area contributed by atoms with Crippen LogP contribution in [-0.2, 0) is 4.79 Å². The smallest absolute Gasteiger partial charge is 0.273 e. The molecule has 0 aliphatic carbocycles. The SMILES string of the molecule is CC1(C(N)=O)CCN(C(=O)c2cscn2)CC1. The van der Waals surface area contributed by atoms with Gasteiger partial charge in [0, 0.05) is 23.9 Å². The van der Waals surface area contributed by atoms with E-state index in [4.69, 9.17) is 5.73 Å². The minimum atomic E-state index is -0.473. The second kappa shape index (κ2) is 4.44. The highest BCUT2D eigenvalue weighted by molar-refractivity contribution is 7.07. The number of nitrogens with two attached hydrogens (primary N) is 1. The Bertz CT molecular complexity index is 422. The summed E-state index contributed by atoms with van der Waals surface area (Å²) in [5.74, 6) is -0.337. The Labute approximate surface area is 104 Å². The third kappa shape index (κ3) is 2.31. The van der Waals surface area contributed by atoms with E-state index in [-0.39, 0.29) is 11.8 Å². The van der Waals surface area contributed by atoms with Crippen LogP contribution in [0.4, 0.5) is 0 Å². The number of hydrogen-bond acceptors (Lipinski definition) is 4. The number of thiazole rings is 1. The van der Waals surface area contributed by atoms with Crippen molar-refractivity contribution in [3.8, 4) is 0 Å². The number of likely N-dealkylation sites (tertiary alicyclic amines) is 1. The maximum absolute atomic E-state index is 12.0. The van der Waals surface area contributed by atoms with E-state index >= 15 is 0 Å². The third-order valence-corrected chi connectivity index (χ3v) is 3.99. The highest BCUT2D eigenvalue weighted by Gasteiger charge is 2.36. The first-order valence-corrected chi connectivity index (χ1v) is 6.44. The van der Waals surface area contributed by atoms with E-state index in [1.54, 1.807) is 15.8 Å². The van der Waals surface area contributed by atoms with E-state index in [0.29, 0.717) is 31.6 Å². The molecular weight excluding hydrogens is 238 g/mol. The lowest BCUT2D eigenvalue weighted by Crippen LogP contribution is -2.47. The Morgan fingerprint density at radius 1 is 1.47 bits per heavy atom. The number of carbonyl (C=O) groups excluding carboxylic acids is 2. The normalized spacial score (nSPS) is 19.0. The summed E-state index contributed by atoms with van der Waals surface area (Å²) in [6.07, 6.45) is 1.25. The van der Waals surface area contributed by atoms with Gasteiger partial charge in [-0.15, -0.1) is 11.3 Å². The number of rotatable bonds is 2. The zero-order chi connectivity index (χ0) is 12.5. The maximum atomic E-state index is 12.0. The molecular formula is C11H15N3O2S. The van der Waals surface area contributed by atoms with Gasteiger partial charge < -0.3 is 10.6 Å². The average molecular weight is 253 g/mol. The van der Waals surface area contributed by atoms with Crippen LogP contribution in [0, 0.1) is 5.41 Å². The summed E-state index contributed by atoms with van der Waals surface area (Å²) >= 11 is 1.40. The predicted molar refractivity (Wildman–Crippen MR) is 64.6 cm³/mol. The van der Waals surface area contributed by atoms with E-state index in [9.17, 15) is 9.59 Å². The number of aromatic nitrogens is 1. The van der Waals surface area contributed by atoms with Gasteiger partial charge in [0.25, 0.3) is 5.91 Å². The molecule has 17 heavy (non-hydrogen) atoms. The molecule has 0 unspecified atom stereocenters. The Morgan fingerprint density at radius 3 is 2.59 bits per heavy atom. The lowest BCUT2D eigenvalue weighted by atomic mass is 9.80. The van der Waals surface area contributed by atoms with Crippen molar-refractivity contribution in [1.82, 2.24) is 9.88 Å². The molecule has 1 saturated heterocycles. The van der Waals surface area contributed by atoms with Crippen LogP contribution in [0.1, 0.15) is 30.3 Å². The van der Waals surface area contributed by atoms with Gasteiger partial charge in [-0.1, -0.05) is 6.92 Å². The Kier molecular flexibility index (Phi) is 3.15. The van der Waals surface area contributed by atoms with Crippen molar-refractivity contribution in [2.75, 3.05) is 13.1 Å². The molecule has 0 saturated carbocycles. The second-order valence-corrected chi connectivity index (χ2v) is 5.31. The summed E-state index contributed by atoms with van der Waals surface area (Å²) in [4.78, 5) is 29.0. The van der Waals surface area contributed by atoms with Crippen molar-refractivity contribution < 1.29 is 9.59 Å². The number of amides is 2. The van der Waals surface area contributed by atoms with Crippen molar-refractivity contribution in [2.24, 2.45) is 11.1 Å². The minimum absolute atomic E-state index is 0.0576. The Morgan fingerprint density at radius 2 is 2.12 bits per heavy atom. The Hall–Kier alpha value is -1.43. The van der Waals surface area contributed by atoms with Crippen LogP contribution >= 0.6 is 11.3 Å². The van der Waals surface area contributed by atoms with E-state index in [1.165, 1.54) is 11.3 Å². The van der Waals surface area contributed by atoms with Gasteiger partial charge in [-0.3, -0.25) is 9.59 Å². The molecule has 5 nitrogen and oxygen atoms in total. The second-order valence-electron chi connectivity index (χ2n) is 4.59. The number of hydrogen-bond donors (Lipinski definition) is 1. The van der Waals surface area contributed by atoms with Crippen LogP contribution in [-0.4, -0.2) is 34.8 Å². The molecule has 1 fully saturated rings. The van der Waals surface area contributed by atoms with Gasteiger partial charge in [-0.05, 0) is 12.8 Å². The first-order chi connectivity index (χ1) is 8.03. The van der Waals surface area contributed by atoms with E-state index < -0.39 is 5.41 Å². The van der Waals surface area contributed by atoms with Gasteiger partial charge in [0.1, 0.15) is 5.69 Å². The Balaban J connectivity index is 2.00. The summed E-state index contributed by atoms with van der Waals surface area (Å²) < 4.78 is 0. The fourth-order valence-electron chi connectivity index (χ4n) is 1.93. The topological polar surface area (TPSA) is 76.3 Å². The van der Waals surface area contributed by atoms with Crippen molar-refractivity contribution in [1.29, 1.82) is 0 Å². The van der Waals surface area contributed by atoms with Crippen molar-refractivity contribution in [2.45, 2.75) is 19.8 Å². The van der Waals surface area contributed by atoms with Crippen LogP contribution in [0.3, 0.4) is 0 Å². The maximum Gasteiger partial charge on any atom is 0.273 e. The lowest BCUT2D eigenvalue weighted by molar-refractivity contribution is -0.129. The van der Waals surface area contributed by atoms with Crippen LogP contribution < -0.4 is 5.73 Å². The first kappa shape index (κ1) is 12.0. The quantitative estimate of drug-likeness (QED) is 0.849.